The first kappa shape index (κ1) is 24.9. The quantitative estimate of drug-likeness (QED) is 0.208. The lowest BCUT2D eigenvalue weighted by Crippen LogP contribution is -2.18. The summed E-state index contributed by atoms with van der Waals surface area (Å²) in [5.74, 6) is -0.245. The van der Waals surface area contributed by atoms with Gasteiger partial charge in [0, 0.05) is 17.3 Å². The highest BCUT2D eigenvalue weighted by molar-refractivity contribution is 7.95. The summed E-state index contributed by atoms with van der Waals surface area (Å²) in [6.07, 6.45) is -0.0278. The molecule has 0 radical (unpaired) electrons. The minimum absolute atomic E-state index is 0.0278. The number of carbonyl (C=O) groups excluding carboxylic acids is 2. The van der Waals surface area contributed by atoms with Crippen LogP contribution in [0.3, 0.4) is 0 Å². The molecule has 0 bridgehead atoms. The fraction of sp³-hybridized carbons (Fsp3) is 0.152. The van der Waals surface area contributed by atoms with Crippen LogP contribution < -0.4 is 0 Å². The predicted octanol–water partition coefficient (Wildman–Crippen LogP) is 8.76. The van der Waals surface area contributed by atoms with Crippen molar-refractivity contribution >= 4 is 39.7 Å². The van der Waals surface area contributed by atoms with Crippen molar-refractivity contribution in [2.75, 3.05) is 6.16 Å². The van der Waals surface area contributed by atoms with Crippen LogP contribution in [0.2, 0.25) is 0 Å². The molecule has 0 saturated carbocycles. The standard InChI is InChI=1S/C33H29O3P/c1-22-17-19-26-13-7-9-15-28(26)30(22)32(34)37(36,21-24(3)25-11-5-4-6-12-25)33(35)31-23(2)18-20-27-14-8-10-16-29(27)31/h4-20,24H,21H2,1-3H3. The highest BCUT2D eigenvalue weighted by Gasteiger charge is 2.44. The molecule has 5 aromatic rings. The van der Waals surface area contributed by atoms with Crippen molar-refractivity contribution in [2.24, 2.45) is 0 Å². The van der Waals surface area contributed by atoms with Gasteiger partial charge in [-0.2, -0.15) is 0 Å². The van der Waals surface area contributed by atoms with Crippen LogP contribution in [0.5, 0.6) is 0 Å². The number of aryl methyl sites for hydroxylation is 2. The van der Waals surface area contributed by atoms with E-state index in [0.29, 0.717) is 11.1 Å². The molecule has 3 nitrogen and oxygen atoms in total. The molecular formula is C33H29O3P. The van der Waals surface area contributed by atoms with Crippen LogP contribution >= 0.6 is 7.14 Å². The number of benzene rings is 5. The van der Waals surface area contributed by atoms with Crippen molar-refractivity contribution in [1.29, 1.82) is 0 Å². The summed E-state index contributed by atoms with van der Waals surface area (Å²) in [5, 5.41) is 3.21. The number of hydrogen-bond donors (Lipinski definition) is 0. The zero-order chi connectivity index (χ0) is 26.2. The van der Waals surface area contributed by atoms with E-state index in [0.717, 1.165) is 38.2 Å². The summed E-state index contributed by atoms with van der Waals surface area (Å²) in [4.78, 5) is 28.9. The maximum absolute atomic E-state index is 15.1. The monoisotopic (exact) mass is 504 g/mol. The summed E-state index contributed by atoms with van der Waals surface area (Å²) < 4.78 is 15.1. The topological polar surface area (TPSA) is 51.2 Å². The molecular weight excluding hydrogens is 475 g/mol. The first-order chi connectivity index (χ1) is 17.8. The molecule has 37 heavy (non-hydrogen) atoms. The molecule has 0 saturated heterocycles. The van der Waals surface area contributed by atoms with Crippen LogP contribution in [0.25, 0.3) is 21.5 Å². The zero-order valence-corrected chi connectivity index (χ0v) is 22.2. The van der Waals surface area contributed by atoms with Gasteiger partial charge in [-0.1, -0.05) is 110 Å². The molecule has 5 rings (SSSR count). The minimum Gasteiger partial charge on any atom is -0.307 e. The second kappa shape index (κ2) is 9.92. The van der Waals surface area contributed by atoms with E-state index in [1.807, 2.05) is 124 Å². The number of fused-ring (bicyclic) bond motifs is 2. The van der Waals surface area contributed by atoms with Gasteiger partial charge in [0.05, 0.1) is 0 Å². The molecule has 0 heterocycles. The van der Waals surface area contributed by atoms with E-state index in [1.165, 1.54) is 0 Å². The first-order valence-corrected chi connectivity index (χ1v) is 14.4. The van der Waals surface area contributed by atoms with E-state index >= 15 is 4.57 Å². The summed E-state index contributed by atoms with van der Waals surface area (Å²) in [7, 11) is -4.11. The molecule has 0 fully saturated rings. The highest BCUT2D eigenvalue weighted by atomic mass is 31.2. The van der Waals surface area contributed by atoms with Crippen molar-refractivity contribution in [2.45, 2.75) is 26.7 Å². The van der Waals surface area contributed by atoms with Crippen molar-refractivity contribution < 1.29 is 14.2 Å². The number of carbonyl (C=O) groups is 2. The lowest BCUT2D eigenvalue weighted by molar-refractivity contribution is 0.103. The van der Waals surface area contributed by atoms with Gasteiger partial charge in [0.1, 0.15) is 0 Å². The Morgan fingerprint density at radius 3 is 1.54 bits per heavy atom. The molecule has 184 valence electrons. The summed E-state index contributed by atoms with van der Waals surface area (Å²) in [6.45, 7) is 5.63. The van der Waals surface area contributed by atoms with Crippen molar-refractivity contribution in [3.8, 4) is 0 Å². The van der Waals surface area contributed by atoms with Crippen molar-refractivity contribution in [3.63, 3.8) is 0 Å². The third-order valence-corrected chi connectivity index (χ3v) is 10.1. The molecule has 0 aliphatic heterocycles. The second-order valence-corrected chi connectivity index (χ2v) is 12.5. The van der Waals surface area contributed by atoms with E-state index in [-0.39, 0.29) is 12.1 Å². The minimum atomic E-state index is -4.11. The Bertz CT molecular complexity index is 1600. The zero-order valence-electron chi connectivity index (χ0n) is 21.3. The van der Waals surface area contributed by atoms with Crippen LogP contribution in [-0.4, -0.2) is 17.2 Å². The van der Waals surface area contributed by atoms with Gasteiger partial charge in [-0.15, -0.1) is 0 Å². The van der Waals surface area contributed by atoms with Crippen molar-refractivity contribution in [3.05, 3.63) is 131 Å². The fourth-order valence-electron chi connectivity index (χ4n) is 5.22. The smallest absolute Gasteiger partial charge is 0.229 e. The average Bonchev–Trinajstić information content (AvgIpc) is 2.92. The average molecular weight is 505 g/mol. The number of rotatable bonds is 7. The largest absolute Gasteiger partial charge is 0.307 e. The van der Waals surface area contributed by atoms with Crippen LogP contribution in [0.15, 0.2) is 103 Å². The Kier molecular flexibility index (Phi) is 6.67. The molecule has 5 aromatic carbocycles. The van der Waals surface area contributed by atoms with Gasteiger partial charge in [0.15, 0.2) is 0 Å². The summed E-state index contributed by atoms with van der Waals surface area (Å²) in [6, 6.07) is 32.5. The van der Waals surface area contributed by atoms with Crippen LogP contribution in [0.1, 0.15) is 50.2 Å². The fourth-order valence-corrected chi connectivity index (χ4v) is 8.04. The molecule has 0 amide bonds. The van der Waals surface area contributed by atoms with E-state index in [1.54, 1.807) is 0 Å². The Balaban J connectivity index is 1.73. The normalized spacial score (nSPS) is 12.5. The molecule has 0 aliphatic carbocycles. The predicted molar refractivity (Wildman–Crippen MR) is 153 cm³/mol. The van der Waals surface area contributed by atoms with Gasteiger partial charge in [0.25, 0.3) is 0 Å². The molecule has 1 atom stereocenters. The Labute approximate surface area is 217 Å². The Morgan fingerprint density at radius 1 is 0.622 bits per heavy atom. The van der Waals surface area contributed by atoms with Gasteiger partial charge in [0.2, 0.25) is 18.2 Å². The van der Waals surface area contributed by atoms with Gasteiger partial charge >= 0.3 is 0 Å². The van der Waals surface area contributed by atoms with E-state index in [9.17, 15) is 9.59 Å². The van der Waals surface area contributed by atoms with E-state index in [4.69, 9.17) is 0 Å². The van der Waals surface area contributed by atoms with Gasteiger partial charge in [-0.3, -0.25) is 9.59 Å². The maximum atomic E-state index is 15.1. The second-order valence-electron chi connectivity index (χ2n) is 9.80. The highest BCUT2D eigenvalue weighted by Crippen LogP contribution is 2.56. The lowest BCUT2D eigenvalue weighted by atomic mass is 10.0. The van der Waals surface area contributed by atoms with Gasteiger partial charge < -0.3 is 4.57 Å². The van der Waals surface area contributed by atoms with Crippen LogP contribution in [0, 0.1) is 13.8 Å². The molecule has 0 N–H and O–H groups in total. The third kappa shape index (κ3) is 4.45. The van der Waals surface area contributed by atoms with E-state index in [2.05, 4.69) is 0 Å². The Hall–Kier alpha value is -3.81. The first-order valence-electron chi connectivity index (χ1n) is 12.5. The van der Waals surface area contributed by atoms with Crippen LogP contribution in [0.4, 0.5) is 0 Å². The molecule has 0 aromatic heterocycles. The number of hydrogen-bond acceptors (Lipinski definition) is 3. The summed E-state index contributed by atoms with van der Waals surface area (Å²) in [5.41, 5.74) is 2.05. The molecule has 4 heteroatoms. The third-order valence-electron chi connectivity index (χ3n) is 7.26. The summed E-state index contributed by atoms with van der Waals surface area (Å²) >= 11 is 0. The van der Waals surface area contributed by atoms with Gasteiger partial charge in [-0.25, -0.2) is 0 Å². The maximum Gasteiger partial charge on any atom is 0.229 e. The molecule has 1 unspecified atom stereocenters. The van der Waals surface area contributed by atoms with Crippen LogP contribution in [-0.2, 0) is 4.57 Å². The van der Waals surface area contributed by atoms with Crippen molar-refractivity contribution in [1.82, 2.24) is 0 Å². The molecule has 0 aliphatic rings. The lowest BCUT2D eigenvalue weighted by Gasteiger charge is -2.23. The molecule has 0 spiro atoms. The Morgan fingerprint density at radius 2 is 1.05 bits per heavy atom. The SMILES string of the molecule is Cc1ccc2ccccc2c1C(=O)P(=O)(CC(C)c1ccccc1)C(=O)c1c(C)ccc2ccccc12. The van der Waals surface area contributed by atoms with Gasteiger partial charge in [-0.05, 0) is 58.0 Å². The van der Waals surface area contributed by atoms with E-state index < -0.39 is 18.2 Å².